The first-order valence-corrected chi connectivity index (χ1v) is 12.5. The van der Waals surface area contributed by atoms with Crippen molar-refractivity contribution in [2.75, 3.05) is 6.54 Å². The van der Waals surface area contributed by atoms with Gasteiger partial charge in [-0.3, -0.25) is 10.1 Å². The van der Waals surface area contributed by atoms with Crippen LogP contribution in [0.4, 0.5) is 15.3 Å². The summed E-state index contributed by atoms with van der Waals surface area (Å²) in [5.41, 5.74) is 2.27. The van der Waals surface area contributed by atoms with Gasteiger partial charge in [0, 0.05) is 18.7 Å². The van der Waals surface area contributed by atoms with Gasteiger partial charge in [-0.15, -0.1) is 0 Å². The van der Waals surface area contributed by atoms with Gasteiger partial charge in [0.1, 0.15) is 11.4 Å². The standard InChI is InChI=1S/C29H30N2O8/c1-29(2,3)39-28(33)37-25-18-30-24(17-19-9-11-21(12-10-19)20-7-5-4-6-8-20)26(25)38-27(32)36-23-15-13-22(14-16-23)31(34)35/h4-16,24-26,30H,17-18H2,1-3H3/t24-,25+,26+/m1/s1. The van der Waals surface area contributed by atoms with Gasteiger partial charge in [-0.05, 0) is 56.0 Å². The maximum absolute atomic E-state index is 12.7. The topological polar surface area (TPSA) is 126 Å². The number of ether oxygens (including phenoxy) is 4. The molecule has 4 rings (SSSR count). The smallest absolute Gasteiger partial charge is 0.429 e. The molecule has 39 heavy (non-hydrogen) atoms. The highest BCUT2D eigenvalue weighted by Crippen LogP contribution is 2.25. The number of nitrogens with one attached hydrogen (secondary N) is 1. The third kappa shape index (κ3) is 7.78. The van der Waals surface area contributed by atoms with Crippen LogP contribution in [0.3, 0.4) is 0 Å². The van der Waals surface area contributed by atoms with Gasteiger partial charge in [0.2, 0.25) is 0 Å². The lowest BCUT2D eigenvalue weighted by Crippen LogP contribution is -2.41. The number of hydrogen-bond acceptors (Lipinski definition) is 9. The van der Waals surface area contributed by atoms with Crippen LogP contribution in [0.25, 0.3) is 11.1 Å². The zero-order chi connectivity index (χ0) is 28.0. The van der Waals surface area contributed by atoms with Gasteiger partial charge in [0.15, 0.2) is 12.2 Å². The van der Waals surface area contributed by atoms with Gasteiger partial charge in [-0.1, -0.05) is 54.6 Å². The van der Waals surface area contributed by atoms with Gasteiger partial charge in [0.05, 0.1) is 11.0 Å². The van der Waals surface area contributed by atoms with E-state index in [9.17, 15) is 19.7 Å². The lowest BCUT2D eigenvalue weighted by atomic mass is 9.98. The van der Waals surface area contributed by atoms with Crippen LogP contribution >= 0.6 is 0 Å². The summed E-state index contributed by atoms with van der Waals surface area (Å²) in [6.07, 6.45) is -3.12. The largest absolute Gasteiger partial charge is 0.514 e. The van der Waals surface area contributed by atoms with Crippen LogP contribution in [-0.4, -0.2) is 47.6 Å². The maximum Gasteiger partial charge on any atom is 0.514 e. The summed E-state index contributed by atoms with van der Waals surface area (Å²) in [4.78, 5) is 35.3. The van der Waals surface area contributed by atoms with E-state index < -0.39 is 35.0 Å². The van der Waals surface area contributed by atoms with E-state index in [-0.39, 0.29) is 24.0 Å². The van der Waals surface area contributed by atoms with Gasteiger partial charge < -0.3 is 24.3 Å². The summed E-state index contributed by atoms with van der Waals surface area (Å²) >= 11 is 0. The first-order chi connectivity index (χ1) is 18.6. The Morgan fingerprint density at radius 3 is 2.15 bits per heavy atom. The lowest BCUT2D eigenvalue weighted by molar-refractivity contribution is -0.384. The highest BCUT2D eigenvalue weighted by atomic mass is 16.8. The third-order valence-electron chi connectivity index (χ3n) is 5.98. The van der Waals surface area contributed by atoms with Gasteiger partial charge in [0.25, 0.3) is 5.69 Å². The Morgan fingerprint density at radius 1 is 0.897 bits per heavy atom. The second-order valence-corrected chi connectivity index (χ2v) is 10.1. The molecule has 1 heterocycles. The number of nitrogens with zero attached hydrogens (tertiary/aromatic N) is 1. The van der Waals surface area contributed by atoms with Crippen molar-refractivity contribution in [2.45, 2.75) is 51.0 Å². The number of carbonyl (C=O) groups is 2. The van der Waals surface area contributed by atoms with Gasteiger partial charge >= 0.3 is 12.3 Å². The van der Waals surface area contributed by atoms with E-state index in [1.165, 1.54) is 24.3 Å². The highest BCUT2D eigenvalue weighted by Gasteiger charge is 2.42. The van der Waals surface area contributed by atoms with Crippen LogP contribution in [0.2, 0.25) is 0 Å². The molecule has 0 amide bonds. The minimum Gasteiger partial charge on any atom is -0.429 e. The molecular formula is C29H30N2O8. The number of carbonyl (C=O) groups excluding carboxylic acids is 2. The minimum atomic E-state index is -1.03. The normalized spacial score (nSPS) is 18.7. The van der Waals surface area contributed by atoms with E-state index in [2.05, 4.69) is 5.32 Å². The number of hydrogen-bond donors (Lipinski definition) is 1. The molecule has 0 spiro atoms. The van der Waals surface area contributed by atoms with Crippen molar-refractivity contribution < 1.29 is 33.5 Å². The quantitative estimate of drug-likeness (QED) is 0.176. The SMILES string of the molecule is CC(C)(C)OC(=O)O[C@H]1CN[C@H](Cc2ccc(-c3ccccc3)cc2)[C@@H]1OC(=O)Oc1ccc([N+](=O)[O-])cc1. The summed E-state index contributed by atoms with van der Waals surface area (Å²) in [5, 5.41) is 14.1. The maximum atomic E-state index is 12.7. The van der Waals surface area contributed by atoms with Crippen LogP contribution in [0.15, 0.2) is 78.9 Å². The Labute approximate surface area is 226 Å². The van der Waals surface area contributed by atoms with Crippen molar-refractivity contribution in [3.8, 4) is 16.9 Å². The van der Waals surface area contributed by atoms with E-state index in [0.29, 0.717) is 6.42 Å². The Balaban J connectivity index is 1.46. The van der Waals surface area contributed by atoms with Crippen molar-refractivity contribution in [3.63, 3.8) is 0 Å². The monoisotopic (exact) mass is 534 g/mol. The van der Waals surface area contributed by atoms with E-state index in [4.69, 9.17) is 18.9 Å². The van der Waals surface area contributed by atoms with Crippen molar-refractivity contribution in [1.82, 2.24) is 5.32 Å². The summed E-state index contributed by atoms with van der Waals surface area (Å²) in [6.45, 7) is 5.40. The van der Waals surface area contributed by atoms with Crippen LogP contribution in [-0.2, 0) is 20.6 Å². The predicted octanol–water partition coefficient (Wildman–Crippen LogP) is 5.68. The molecule has 0 radical (unpaired) electrons. The first-order valence-electron chi connectivity index (χ1n) is 12.5. The fourth-order valence-electron chi connectivity index (χ4n) is 4.20. The second-order valence-electron chi connectivity index (χ2n) is 10.1. The molecule has 204 valence electrons. The number of non-ortho nitro benzene ring substituents is 1. The summed E-state index contributed by atoms with van der Waals surface area (Å²) in [6, 6.07) is 22.7. The van der Waals surface area contributed by atoms with Crippen molar-refractivity contribution in [2.24, 2.45) is 0 Å². The molecule has 0 bridgehead atoms. The molecule has 10 nitrogen and oxygen atoms in total. The van der Waals surface area contributed by atoms with Crippen molar-refractivity contribution in [3.05, 3.63) is 94.5 Å². The Kier molecular flexibility index (Phi) is 8.46. The third-order valence-corrected chi connectivity index (χ3v) is 5.98. The molecular weight excluding hydrogens is 504 g/mol. The van der Waals surface area contributed by atoms with Crippen LogP contribution in [0, 0.1) is 10.1 Å². The number of nitro groups is 1. The molecule has 0 aromatic heterocycles. The van der Waals surface area contributed by atoms with Crippen molar-refractivity contribution >= 4 is 18.0 Å². The number of benzene rings is 3. The number of rotatable bonds is 7. The van der Waals surface area contributed by atoms with E-state index in [1.54, 1.807) is 20.8 Å². The number of nitro benzene ring substituents is 1. The predicted molar refractivity (Wildman–Crippen MR) is 142 cm³/mol. The Hall–Kier alpha value is -4.44. The average Bonchev–Trinajstić information content (AvgIpc) is 3.24. The van der Waals surface area contributed by atoms with E-state index in [1.807, 2.05) is 54.6 Å². The Morgan fingerprint density at radius 2 is 1.54 bits per heavy atom. The second kappa shape index (κ2) is 12.0. The molecule has 3 aromatic carbocycles. The van der Waals surface area contributed by atoms with Crippen LogP contribution in [0.5, 0.6) is 5.75 Å². The average molecular weight is 535 g/mol. The highest BCUT2D eigenvalue weighted by molar-refractivity contribution is 5.65. The molecule has 1 aliphatic rings. The minimum absolute atomic E-state index is 0.0780. The van der Waals surface area contributed by atoms with Crippen LogP contribution < -0.4 is 10.1 Å². The molecule has 0 aliphatic carbocycles. The van der Waals surface area contributed by atoms with E-state index >= 15 is 0 Å². The first kappa shape index (κ1) is 27.6. The summed E-state index contributed by atoms with van der Waals surface area (Å²) in [7, 11) is 0. The fourth-order valence-corrected chi connectivity index (χ4v) is 4.20. The molecule has 3 atom stereocenters. The molecule has 3 aromatic rings. The van der Waals surface area contributed by atoms with Crippen LogP contribution in [0.1, 0.15) is 26.3 Å². The zero-order valence-corrected chi connectivity index (χ0v) is 21.9. The molecule has 1 aliphatic heterocycles. The zero-order valence-electron chi connectivity index (χ0n) is 21.9. The van der Waals surface area contributed by atoms with Gasteiger partial charge in [-0.2, -0.15) is 0 Å². The fraction of sp³-hybridized carbons (Fsp3) is 0.310. The van der Waals surface area contributed by atoms with Crippen molar-refractivity contribution in [1.29, 1.82) is 0 Å². The van der Waals surface area contributed by atoms with E-state index in [0.717, 1.165) is 16.7 Å². The Bertz CT molecular complexity index is 1290. The molecule has 1 N–H and O–H groups in total. The summed E-state index contributed by atoms with van der Waals surface area (Å²) in [5.74, 6) is 0.0780. The van der Waals surface area contributed by atoms with Gasteiger partial charge in [-0.25, -0.2) is 9.59 Å². The lowest BCUT2D eigenvalue weighted by Gasteiger charge is -2.25. The summed E-state index contributed by atoms with van der Waals surface area (Å²) < 4.78 is 21.6. The molecule has 0 saturated carbocycles. The molecule has 1 saturated heterocycles. The molecule has 0 unspecified atom stereocenters. The molecule has 1 fully saturated rings. The molecule has 10 heteroatoms.